The summed E-state index contributed by atoms with van der Waals surface area (Å²) in [6, 6.07) is 15.6. The summed E-state index contributed by atoms with van der Waals surface area (Å²) in [5, 5.41) is 8.39. The molecule has 0 spiro atoms. The number of carbonyl (C=O) groups is 2. The second kappa shape index (κ2) is 10.1. The summed E-state index contributed by atoms with van der Waals surface area (Å²) in [6.45, 7) is -0.776. The monoisotopic (exact) mass is 433 g/mol. The van der Waals surface area contributed by atoms with Crippen LogP contribution in [0.15, 0.2) is 59.7 Å². The minimum Gasteiger partial charge on any atom is -0.484 e. The van der Waals surface area contributed by atoms with Gasteiger partial charge in [0.15, 0.2) is 6.61 Å². The van der Waals surface area contributed by atoms with Crippen LogP contribution in [0.3, 0.4) is 0 Å². The Kier molecular flexibility index (Phi) is 7.28. The number of nitrogens with zero attached hydrogens (tertiary/aromatic N) is 2. The number of carbonyl (C=O) groups excluding carboxylic acids is 2. The first-order valence-corrected chi connectivity index (χ1v) is 9.78. The van der Waals surface area contributed by atoms with Crippen LogP contribution in [-0.4, -0.2) is 41.9 Å². The molecule has 0 atom stereocenters. The van der Waals surface area contributed by atoms with Crippen LogP contribution >= 0.6 is 0 Å². The Balaban J connectivity index is 1.42. The quantitative estimate of drug-likeness (QED) is 0.691. The molecule has 2 aromatic carbocycles. The largest absolute Gasteiger partial charge is 0.484 e. The highest BCUT2D eigenvalue weighted by atomic mass is 19.4. The van der Waals surface area contributed by atoms with Crippen LogP contribution in [0, 0.1) is 0 Å². The van der Waals surface area contributed by atoms with Crippen molar-refractivity contribution in [1.29, 1.82) is 0 Å². The molecule has 6 nitrogen and oxygen atoms in total. The zero-order valence-corrected chi connectivity index (χ0v) is 16.7. The topological polar surface area (TPSA) is 71.0 Å². The Morgan fingerprint density at radius 3 is 2.58 bits per heavy atom. The van der Waals surface area contributed by atoms with Crippen molar-refractivity contribution in [2.24, 2.45) is 5.10 Å². The number of amides is 2. The molecule has 0 radical (unpaired) electrons. The van der Waals surface area contributed by atoms with Crippen LogP contribution in [0.4, 0.5) is 13.2 Å². The SMILES string of the molecule is O=C(CCC(=O)N1CCC(c2ccccc2)=N1)NCc1cccc(OCC(F)(F)F)c1. The van der Waals surface area contributed by atoms with Crippen molar-refractivity contribution in [2.45, 2.75) is 32.0 Å². The molecule has 2 aromatic rings. The van der Waals surface area contributed by atoms with E-state index in [2.05, 4.69) is 10.4 Å². The molecule has 0 unspecified atom stereocenters. The number of hydrogen-bond donors (Lipinski definition) is 1. The Bertz CT molecular complexity index is 946. The van der Waals surface area contributed by atoms with Crippen molar-refractivity contribution in [1.82, 2.24) is 10.3 Å². The van der Waals surface area contributed by atoms with Gasteiger partial charge in [-0.2, -0.15) is 18.3 Å². The first-order chi connectivity index (χ1) is 14.8. The van der Waals surface area contributed by atoms with Crippen LogP contribution < -0.4 is 10.1 Å². The lowest BCUT2D eigenvalue weighted by molar-refractivity contribution is -0.153. The molecule has 164 valence electrons. The van der Waals surface area contributed by atoms with Crippen LogP contribution in [0.2, 0.25) is 0 Å². The van der Waals surface area contributed by atoms with E-state index in [1.807, 2.05) is 30.3 Å². The standard InChI is InChI=1S/C22H22F3N3O3/c23-22(24,25)15-31-18-8-4-5-16(13-18)14-26-20(29)9-10-21(30)28-12-11-19(27-28)17-6-2-1-3-7-17/h1-8,13H,9-12,14-15H2,(H,26,29). The third-order valence-corrected chi connectivity index (χ3v) is 4.55. The summed E-state index contributed by atoms with van der Waals surface area (Å²) in [6.07, 6.45) is -3.74. The minimum atomic E-state index is -4.42. The predicted molar refractivity (Wildman–Crippen MR) is 108 cm³/mol. The minimum absolute atomic E-state index is 0.00418. The summed E-state index contributed by atoms with van der Waals surface area (Å²) in [5.74, 6) is -0.495. The Hall–Kier alpha value is -3.36. The van der Waals surface area contributed by atoms with E-state index in [1.165, 1.54) is 17.1 Å². The van der Waals surface area contributed by atoms with E-state index >= 15 is 0 Å². The first kappa shape index (κ1) is 22.3. The van der Waals surface area contributed by atoms with E-state index in [0.717, 1.165) is 11.3 Å². The Morgan fingerprint density at radius 1 is 1.06 bits per heavy atom. The normalized spacial score (nSPS) is 13.6. The van der Waals surface area contributed by atoms with Gasteiger partial charge in [-0.05, 0) is 23.3 Å². The number of hydrazone groups is 1. The Labute approximate surface area is 177 Å². The summed E-state index contributed by atoms with van der Waals surface area (Å²) in [4.78, 5) is 24.4. The number of nitrogens with one attached hydrogen (secondary N) is 1. The summed E-state index contributed by atoms with van der Waals surface area (Å²) >= 11 is 0. The average Bonchev–Trinajstić information content (AvgIpc) is 3.25. The summed E-state index contributed by atoms with van der Waals surface area (Å²) < 4.78 is 41.4. The molecule has 0 aliphatic carbocycles. The molecule has 1 aliphatic heterocycles. The van der Waals surface area contributed by atoms with E-state index in [0.29, 0.717) is 18.5 Å². The van der Waals surface area contributed by atoms with Gasteiger partial charge in [-0.1, -0.05) is 42.5 Å². The highest BCUT2D eigenvalue weighted by Crippen LogP contribution is 2.19. The molecule has 1 N–H and O–H groups in total. The first-order valence-electron chi connectivity index (χ1n) is 9.78. The third kappa shape index (κ3) is 7.13. The van der Waals surface area contributed by atoms with E-state index in [1.54, 1.807) is 12.1 Å². The van der Waals surface area contributed by atoms with Gasteiger partial charge in [-0.3, -0.25) is 9.59 Å². The molecule has 0 saturated heterocycles. The van der Waals surface area contributed by atoms with E-state index < -0.39 is 12.8 Å². The number of halogens is 3. The molecule has 0 bridgehead atoms. The van der Waals surface area contributed by atoms with Gasteiger partial charge in [0, 0.05) is 25.8 Å². The fourth-order valence-electron chi connectivity index (χ4n) is 3.02. The molecular weight excluding hydrogens is 411 g/mol. The molecule has 0 saturated carbocycles. The number of hydrogen-bond acceptors (Lipinski definition) is 4. The molecule has 3 rings (SSSR count). The fraction of sp³-hybridized carbons (Fsp3) is 0.318. The smallest absolute Gasteiger partial charge is 0.422 e. The van der Waals surface area contributed by atoms with Gasteiger partial charge in [-0.15, -0.1) is 0 Å². The summed E-state index contributed by atoms with van der Waals surface area (Å²) in [7, 11) is 0. The Morgan fingerprint density at radius 2 is 1.84 bits per heavy atom. The fourth-order valence-corrected chi connectivity index (χ4v) is 3.02. The van der Waals surface area contributed by atoms with Crippen LogP contribution in [0.5, 0.6) is 5.75 Å². The lowest BCUT2D eigenvalue weighted by Gasteiger charge is -2.12. The lowest BCUT2D eigenvalue weighted by atomic mass is 10.1. The molecule has 0 fully saturated rings. The maximum Gasteiger partial charge on any atom is 0.422 e. The van der Waals surface area contributed by atoms with Gasteiger partial charge in [0.2, 0.25) is 11.8 Å². The predicted octanol–water partition coefficient (Wildman–Crippen LogP) is 3.66. The molecular formula is C22H22F3N3O3. The molecule has 1 aliphatic rings. The maximum absolute atomic E-state index is 12.3. The second-order valence-electron chi connectivity index (χ2n) is 7.01. The van der Waals surface area contributed by atoms with Crippen molar-refractivity contribution >= 4 is 17.5 Å². The van der Waals surface area contributed by atoms with Gasteiger partial charge < -0.3 is 10.1 Å². The van der Waals surface area contributed by atoms with Crippen LogP contribution in [0.25, 0.3) is 0 Å². The van der Waals surface area contributed by atoms with E-state index in [-0.39, 0.29) is 37.0 Å². The van der Waals surface area contributed by atoms with Gasteiger partial charge in [0.1, 0.15) is 5.75 Å². The third-order valence-electron chi connectivity index (χ3n) is 4.55. The molecule has 0 aromatic heterocycles. The van der Waals surface area contributed by atoms with Crippen LogP contribution in [-0.2, 0) is 16.1 Å². The van der Waals surface area contributed by atoms with Crippen molar-refractivity contribution in [2.75, 3.05) is 13.2 Å². The van der Waals surface area contributed by atoms with Gasteiger partial charge in [0.25, 0.3) is 0 Å². The van der Waals surface area contributed by atoms with Gasteiger partial charge in [0.05, 0.1) is 12.3 Å². The van der Waals surface area contributed by atoms with Crippen molar-refractivity contribution in [3.8, 4) is 5.75 Å². The van der Waals surface area contributed by atoms with E-state index in [4.69, 9.17) is 4.74 Å². The van der Waals surface area contributed by atoms with Crippen molar-refractivity contribution in [3.63, 3.8) is 0 Å². The van der Waals surface area contributed by atoms with Gasteiger partial charge in [-0.25, -0.2) is 5.01 Å². The zero-order valence-electron chi connectivity index (χ0n) is 16.7. The number of rotatable bonds is 8. The van der Waals surface area contributed by atoms with Crippen LogP contribution in [0.1, 0.15) is 30.4 Å². The molecule has 1 heterocycles. The molecule has 2 amide bonds. The van der Waals surface area contributed by atoms with Crippen molar-refractivity contribution < 1.29 is 27.5 Å². The number of benzene rings is 2. The highest BCUT2D eigenvalue weighted by molar-refractivity contribution is 6.02. The lowest BCUT2D eigenvalue weighted by Crippen LogP contribution is -2.27. The number of alkyl halides is 3. The van der Waals surface area contributed by atoms with Crippen molar-refractivity contribution in [3.05, 3.63) is 65.7 Å². The second-order valence-corrected chi connectivity index (χ2v) is 7.01. The zero-order chi connectivity index (χ0) is 22.3. The van der Waals surface area contributed by atoms with E-state index in [9.17, 15) is 22.8 Å². The summed E-state index contributed by atoms with van der Waals surface area (Å²) in [5.41, 5.74) is 2.40. The maximum atomic E-state index is 12.3. The average molecular weight is 433 g/mol. The molecule has 31 heavy (non-hydrogen) atoms. The number of ether oxygens (including phenoxy) is 1. The molecule has 9 heteroatoms. The van der Waals surface area contributed by atoms with Gasteiger partial charge >= 0.3 is 6.18 Å². The highest BCUT2D eigenvalue weighted by Gasteiger charge is 2.28.